The number of rotatable bonds is 32. The minimum absolute atomic E-state index is 0. The molecule has 0 saturated heterocycles. The Morgan fingerprint density at radius 2 is 0.579 bits per heavy atom. The van der Waals surface area contributed by atoms with Crippen molar-refractivity contribution < 1.29 is 18.5 Å². The van der Waals surface area contributed by atoms with Gasteiger partial charge in [0.2, 0.25) is 0 Å². The number of unbranched alkanes of at least 4 members (excludes halogenated alkanes) is 26. The minimum atomic E-state index is -4.12. The average molecular weight is 573 g/mol. The number of hydrogen-bond donors (Lipinski definition) is 0. The molecule has 6 heteroatoms. The van der Waals surface area contributed by atoms with Gasteiger partial charge in [0.25, 0.3) is 7.82 Å². The van der Waals surface area contributed by atoms with E-state index < -0.39 is 7.82 Å². The normalized spacial score (nSPS) is 11.7. The zero-order valence-electron chi connectivity index (χ0n) is 25.9. The van der Waals surface area contributed by atoms with Gasteiger partial charge in [-0.05, 0) is 12.8 Å². The van der Waals surface area contributed by atoms with Gasteiger partial charge in [0.15, 0.2) is 0 Å². The van der Waals surface area contributed by atoms with Crippen molar-refractivity contribution in [3.05, 3.63) is 0 Å². The van der Waals surface area contributed by atoms with E-state index in [4.69, 9.17) is 9.05 Å². The molecule has 0 N–H and O–H groups in total. The smallest absolute Gasteiger partial charge is 0.756 e. The molecule has 0 unspecified atom stereocenters. The molecule has 0 atom stereocenters. The molecule has 0 fully saturated rings. The van der Waals surface area contributed by atoms with Crippen molar-refractivity contribution in [3.63, 3.8) is 0 Å². The molecule has 0 saturated carbocycles. The largest absolute Gasteiger partial charge is 3.00 e. The third kappa shape index (κ3) is 34.7. The Morgan fingerprint density at radius 3 is 0.789 bits per heavy atom. The van der Waals surface area contributed by atoms with Crippen LogP contribution in [0, 0.1) is 0 Å². The molecule has 4 nitrogen and oxygen atoms in total. The summed E-state index contributed by atoms with van der Waals surface area (Å²) in [5.74, 6) is 0. The van der Waals surface area contributed by atoms with Crippen LogP contribution in [-0.4, -0.2) is 30.6 Å². The van der Waals surface area contributed by atoms with E-state index in [1.165, 1.54) is 154 Å². The van der Waals surface area contributed by atoms with Crippen LogP contribution in [0.1, 0.15) is 194 Å². The zero-order valence-corrected chi connectivity index (χ0v) is 27.9. The molecule has 0 aromatic carbocycles. The molecule has 0 aliphatic heterocycles. The summed E-state index contributed by atoms with van der Waals surface area (Å²) in [5, 5.41) is 0. The first-order valence-corrected chi connectivity index (χ1v) is 18.2. The van der Waals surface area contributed by atoms with Gasteiger partial charge in [-0.25, -0.2) is 0 Å². The summed E-state index contributed by atoms with van der Waals surface area (Å²) in [7, 11) is -4.12. The van der Waals surface area contributed by atoms with Gasteiger partial charge in [-0.2, -0.15) is 0 Å². The molecule has 0 aliphatic rings. The maximum atomic E-state index is 11.9. The predicted octanol–water partition coefficient (Wildman–Crippen LogP) is 11.1. The molecule has 0 amide bonds. The van der Waals surface area contributed by atoms with Crippen LogP contribution in [0.5, 0.6) is 0 Å². The number of phosphoric ester groups is 1. The minimum Gasteiger partial charge on any atom is -0.756 e. The Labute approximate surface area is 249 Å². The fourth-order valence-corrected chi connectivity index (χ4v) is 5.76. The van der Waals surface area contributed by atoms with E-state index in [0.29, 0.717) is 0 Å². The van der Waals surface area contributed by atoms with E-state index in [1.54, 1.807) is 0 Å². The van der Waals surface area contributed by atoms with Crippen molar-refractivity contribution in [3.8, 4) is 0 Å². The molecule has 0 heterocycles. The van der Waals surface area contributed by atoms with Gasteiger partial charge in [0.05, 0.1) is 13.2 Å². The molecule has 0 aromatic rings. The van der Waals surface area contributed by atoms with Crippen LogP contribution in [-0.2, 0) is 13.6 Å². The van der Waals surface area contributed by atoms with Crippen molar-refractivity contribution >= 4 is 25.2 Å². The monoisotopic (exact) mass is 572 g/mol. The molecule has 0 radical (unpaired) electrons. The molecular weight excluding hydrogens is 506 g/mol. The molecule has 0 spiro atoms. The summed E-state index contributed by atoms with van der Waals surface area (Å²) in [6.45, 7) is 5.06. The molecule has 0 rings (SSSR count). The second-order valence-electron chi connectivity index (χ2n) is 11.3. The van der Waals surface area contributed by atoms with Crippen LogP contribution in [0.25, 0.3) is 0 Å². The molecule has 38 heavy (non-hydrogen) atoms. The predicted molar refractivity (Wildman–Crippen MR) is 166 cm³/mol. The fraction of sp³-hybridized carbons (Fsp3) is 1.00. The Hall–Kier alpha value is 0.642. The van der Waals surface area contributed by atoms with Crippen molar-refractivity contribution in [2.24, 2.45) is 0 Å². The Morgan fingerprint density at radius 1 is 0.395 bits per heavy atom. The summed E-state index contributed by atoms with van der Waals surface area (Å²) in [6.07, 6.45) is 36.0. The zero-order chi connectivity index (χ0) is 27.1. The molecule has 224 valence electrons. The summed E-state index contributed by atoms with van der Waals surface area (Å²) >= 11 is 0. The van der Waals surface area contributed by atoms with Crippen molar-refractivity contribution in [2.75, 3.05) is 13.2 Å². The van der Waals surface area contributed by atoms with Crippen LogP contribution in [0.3, 0.4) is 0 Å². The van der Waals surface area contributed by atoms with Crippen LogP contribution < -0.4 is 4.89 Å². The Bertz CT molecular complexity index is 440. The Kier molecular flexibility index (Phi) is 36.3. The topological polar surface area (TPSA) is 58.6 Å². The van der Waals surface area contributed by atoms with Crippen molar-refractivity contribution in [1.29, 1.82) is 0 Å². The maximum Gasteiger partial charge on any atom is 3.00 e. The van der Waals surface area contributed by atoms with E-state index in [1.807, 2.05) is 0 Å². The molecular formula is C32H66AlO4P+2. The molecule has 0 aliphatic carbocycles. The summed E-state index contributed by atoms with van der Waals surface area (Å²) in [6, 6.07) is 0. The van der Waals surface area contributed by atoms with Crippen molar-refractivity contribution in [2.45, 2.75) is 194 Å². The van der Waals surface area contributed by atoms with Gasteiger partial charge < -0.3 is 13.9 Å². The second-order valence-corrected chi connectivity index (χ2v) is 12.7. The van der Waals surface area contributed by atoms with Gasteiger partial charge in [-0.1, -0.05) is 181 Å². The van der Waals surface area contributed by atoms with E-state index in [0.717, 1.165) is 25.7 Å². The third-order valence-electron chi connectivity index (χ3n) is 7.49. The van der Waals surface area contributed by atoms with Crippen LogP contribution >= 0.6 is 7.82 Å². The standard InChI is InChI=1S/C32H67O4P.Al/c1-3-5-7-9-11-13-15-17-19-21-23-25-27-29-31-35-37(33,34)36-32-30-28-26-24-22-20-18-16-14-12-10-8-6-4-2;/h3-32H2,1-2H3,(H,33,34);/q;+3/p-1. The summed E-state index contributed by atoms with van der Waals surface area (Å²) in [5.41, 5.74) is 0. The van der Waals surface area contributed by atoms with Gasteiger partial charge >= 0.3 is 17.4 Å². The van der Waals surface area contributed by atoms with Crippen LogP contribution in [0.4, 0.5) is 0 Å². The maximum absolute atomic E-state index is 11.9. The third-order valence-corrected chi connectivity index (χ3v) is 8.49. The second kappa shape index (κ2) is 33.8. The first-order chi connectivity index (χ1) is 18.1. The quantitative estimate of drug-likeness (QED) is 0.0457. The van der Waals surface area contributed by atoms with E-state index in [2.05, 4.69) is 13.8 Å². The van der Waals surface area contributed by atoms with Gasteiger partial charge in [-0.3, -0.25) is 4.57 Å². The van der Waals surface area contributed by atoms with Gasteiger partial charge in [-0.15, -0.1) is 0 Å². The van der Waals surface area contributed by atoms with Gasteiger partial charge in [0, 0.05) is 0 Å². The van der Waals surface area contributed by atoms with E-state index in [-0.39, 0.29) is 30.6 Å². The van der Waals surface area contributed by atoms with Crippen molar-refractivity contribution in [1.82, 2.24) is 0 Å². The molecule has 0 aromatic heterocycles. The van der Waals surface area contributed by atoms with Crippen LogP contribution in [0.15, 0.2) is 0 Å². The average Bonchev–Trinajstić information content (AvgIpc) is 2.88. The first-order valence-electron chi connectivity index (χ1n) is 16.7. The SMILES string of the molecule is CCCCCCCCCCCCCCCCOP(=O)([O-])OCCCCCCCCCCCCCCCC.[Al+3]. The van der Waals surface area contributed by atoms with E-state index >= 15 is 0 Å². The number of hydrogen-bond acceptors (Lipinski definition) is 4. The van der Waals surface area contributed by atoms with Crippen LogP contribution in [0.2, 0.25) is 0 Å². The Balaban J connectivity index is 0. The van der Waals surface area contributed by atoms with E-state index in [9.17, 15) is 9.46 Å². The summed E-state index contributed by atoms with van der Waals surface area (Å²) < 4.78 is 21.9. The fourth-order valence-electron chi connectivity index (χ4n) is 4.98. The molecule has 0 bridgehead atoms. The summed E-state index contributed by atoms with van der Waals surface area (Å²) in [4.78, 5) is 11.9. The number of phosphoric acid groups is 1. The van der Waals surface area contributed by atoms with Gasteiger partial charge in [0.1, 0.15) is 0 Å². The first kappa shape index (κ1) is 40.8.